The Balaban J connectivity index is 1.17. The number of amides is 2. The van der Waals surface area contributed by atoms with Gasteiger partial charge in [-0.05, 0) is 49.4 Å². The lowest BCUT2D eigenvalue weighted by Gasteiger charge is -2.27. The van der Waals surface area contributed by atoms with Crippen LogP contribution in [-0.2, 0) is 28.1 Å². The fourth-order valence-corrected chi connectivity index (χ4v) is 6.36. The van der Waals surface area contributed by atoms with E-state index in [4.69, 9.17) is 4.74 Å². The van der Waals surface area contributed by atoms with Crippen molar-refractivity contribution in [2.75, 3.05) is 37.4 Å². The number of aromatic nitrogens is 2. The summed E-state index contributed by atoms with van der Waals surface area (Å²) in [4.78, 5) is 49.2. The van der Waals surface area contributed by atoms with Crippen molar-refractivity contribution in [3.8, 4) is 0 Å². The van der Waals surface area contributed by atoms with Gasteiger partial charge in [0.15, 0.2) is 0 Å². The number of rotatable bonds is 6. The van der Waals surface area contributed by atoms with Gasteiger partial charge in [-0.1, -0.05) is 6.07 Å². The number of aromatic amines is 1. The number of carbonyl (C=O) groups excluding carboxylic acids is 2. The number of carbonyl (C=O) groups is 2. The summed E-state index contributed by atoms with van der Waals surface area (Å²) >= 11 is 3.02. The number of thiophene rings is 1. The number of ether oxygens (including phenoxy) is 1. The van der Waals surface area contributed by atoms with E-state index in [1.54, 1.807) is 40.5 Å². The molecule has 1 saturated heterocycles. The highest BCUT2D eigenvalue weighted by Crippen LogP contribution is 2.33. The first kappa shape index (κ1) is 23.1. The summed E-state index contributed by atoms with van der Waals surface area (Å²) in [7, 11) is 0. The number of nitrogens with zero attached hydrogens (tertiary/aromatic N) is 2. The first-order chi connectivity index (χ1) is 16.6. The molecule has 0 unspecified atom stereocenters. The summed E-state index contributed by atoms with van der Waals surface area (Å²) in [5, 5.41) is 3.60. The van der Waals surface area contributed by atoms with Crippen LogP contribution in [0, 0.1) is 0 Å². The maximum Gasteiger partial charge on any atom is 0.259 e. The minimum absolute atomic E-state index is 0.0607. The number of morpholine rings is 1. The third-order valence-electron chi connectivity index (χ3n) is 6.04. The SMILES string of the molecule is O=C(CSCc1nc2sc3c(c2c(=O)[nH]1)CCCC3)Nc1cccc(C(=O)N2CCOCC2)c1. The van der Waals surface area contributed by atoms with Gasteiger partial charge in [0.1, 0.15) is 10.7 Å². The number of benzene rings is 1. The van der Waals surface area contributed by atoms with Crippen LogP contribution in [0.3, 0.4) is 0 Å². The molecular weight excluding hydrogens is 472 g/mol. The molecule has 1 aliphatic heterocycles. The van der Waals surface area contributed by atoms with Gasteiger partial charge in [-0.3, -0.25) is 14.4 Å². The lowest BCUT2D eigenvalue weighted by molar-refractivity contribution is -0.113. The van der Waals surface area contributed by atoms with Crippen LogP contribution in [0.5, 0.6) is 0 Å². The Morgan fingerprint density at radius 1 is 1.21 bits per heavy atom. The van der Waals surface area contributed by atoms with Crippen LogP contribution in [0.4, 0.5) is 5.69 Å². The fourth-order valence-electron chi connectivity index (χ4n) is 4.39. The molecule has 1 aliphatic carbocycles. The van der Waals surface area contributed by atoms with Crippen LogP contribution in [0.15, 0.2) is 29.1 Å². The molecule has 2 aliphatic rings. The number of aryl methyl sites for hydroxylation is 2. The molecule has 3 aromatic rings. The number of fused-ring (bicyclic) bond motifs is 3. The molecule has 34 heavy (non-hydrogen) atoms. The zero-order chi connectivity index (χ0) is 23.5. The minimum Gasteiger partial charge on any atom is -0.378 e. The molecule has 0 radical (unpaired) electrons. The minimum atomic E-state index is -0.170. The summed E-state index contributed by atoms with van der Waals surface area (Å²) in [5.74, 6) is 1.01. The van der Waals surface area contributed by atoms with Gasteiger partial charge in [0.2, 0.25) is 5.91 Å². The normalized spacial score (nSPS) is 15.8. The lowest BCUT2D eigenvalue weighted by Crippen LogP contribution is -2.40. The number of hydrogen-bond donors (Lipinski definition) is 2. The summed E-state index contributed by atoms with van der Waals surface area (Å²) in [5.41, 5.74) is 2.22. The predicted molar refractivity (Wildman–Crippen MR) is 135 cm³/mol. The smallest absolute Gasteiger partial charge is 0.259 e. The number of H-pyrrole nitrogens is 1. The first-order valence-corrected chi connectivity index (χ1v) is 13.4. The van der Waals surface area contributed by atoms with Gasteiger partial charge in [0, 0.05) is 29.2 Å². The van der Waals surface area contributed by atoms with E-state index in [1.807, 2.05) is 0 Å². The van der Waals surface area contributed by atoms with Crippen molar-refractivity contribution in [1.29, 1.82) is 0 Å². The van der Waals surface area contributed by atoms with E-state index in [0.717, 1.165) is 29.5 Å². The summed E-state index contributed by atoms with van der Waals surface area (Å²) in [6.07, 6.45) is 4.27. The molecule has 0 bridgehead atoms. The van der Waals surface area contributed by atoms with Gasteiger partial charge in [0.05, 0.1) is 30.1 Å². The molecule has 10 heteroatoms. The van der Waals surface area contributed by atoms with Crippen molar-refractivity contribution < 1.29 is 14.3 Å². The van der Waals surface area contributed by atoms with Crippen LogP contribution in [0.25, 0.3) is 10.2 Å². The number of nitrogens with one attached hydrogen (secondary N) is 2. The van der Waals surface area contributed by atoms with E-state index in [9.17, 15) is 14.4 Å². The fraction of sp³-hybridized carbons (Fsp3) is 0.417. The van der Waals surface area contributed by atoms with Crippen LogP contribution in [0.1, 0.15) is 39.5 Å². The van der Waals surface area contributed by atoms with Gasteiger partial charge in [-0.15, -0.1) is 23.1 Å². The highest BCUT2D eigenvalue weighted by Gasteiger charge is 2.20. The van der Waals surface area contributed by atoms with Crippen molar-refractivity contribution >= 4 is 50.8 Å². The molecule has 0 saturated carbocycles. The monoisotopic (exact) mass is 498 g/mol. The van der Waals surface area contributed by atoms with E-state index < -0.39 is 0 Å². The summed E-state index contributed by atoms with van der Waals surface area (Å²) in [6, 6.07) is 6.99. The molecule has 3 heterocycles. The Hall–Kier alpha value is -2.69. The Kier molecular flexibility index (Phi) is 6.98. The zero-order valence-electron chi connectivity index (χ0n) is 18.7. The number of thioether (sulfide) groups is 1. The Bertz CT molecular complexity index is 1280. The largest absolute Gasteiger partial charge is 0.378 e. The van der Waals surface area contributed by atoms with Gasteiger partial charge >= 0.3 is 0 Å². The third kappa shape index (κ3) is 5.03. The molecule has 178 valence electrons. The second kappa shape index (κ2) is 10.3. The third-order valence-corrected chi connectivity index (χ3v) is 8.17. The average Bonchev–Trinajstić information content (AvgIpc) is 3.23. The van der Waals surface area contributed by atoms with Crippen molar-refractivity contribution in [1.82, 2.24) is 14.9 Å². The van der Waals surface area contributed by atoms with Crippen molar-refractivity contribution in [3.05, 3.63) is 56.4 Å². The molecule has 0 atom stereocenters. The van der Waals surface area contributed by atoms with Gasteiger partial charge in [-0.25, -0.2) is 4.98 Å². The van der Waals surface area contributed by atoms with E-state index in [1.165, 1.54) is 28.6 Å². The van der Waals surface area contributed by atoms with Crippen molar-refractivity contribution in [3.63, 3.8) is 0 Å². The number of hydrogen-bond acceptors (Lipinski definition) is 7. The molecule has 5 rings (SSSR count). The molecule has 1 aromatic carbocycles. The molecular formula is C24H26N4O4S2. The van der Waals surface area contributed by atoms with E-state index >= 15 is 0 Å². The van der Waals surface area contributed by atoms with Crippen molar-refractivity contribution in [2.45, 2.75) is 31.4 Å². The van der Waals surface area contributed by atoms with Crippen LogP contribution in [-0.4, -0.2) is 58.7 Å². The van der Waals surface area contributed by atoms with Crippen molar-refractivity contribution in [2.24, 2.45) is 0 Å². The maximum atomic E-state index is 12.7. The molecule has 2 aromatic heterocycles. The van der Waals surface area contributed by atoms with Crippen LogP contribution < -0.4 is 10.9 Å². The predicted octanol–water partition coefficient (Wildman–Crippen LogP) is 3.21. The highest BCUT2D eigenvalue weighted by atomic mass is 32.2. The van der Waals surface area contributed by atoms with Crippen LogP contribution in [0.2, 0.25) is 0 Å². The molecule has 8 nitrogen and oxygen atoms in total. The first-order valence-electron chi connectivity index (χ1n) is 11.5. The summed E-state index contributed by atoms with van der Waals surface area (Å²) in [6.45, 7) is 2.23. The molecule has 0 spiro atoms. The Labute approximate surface area is 205 Å². The van der Waals surface area contributed by atoms with Gasteiger partial charge in [-0.2, -0.15) is 0 Å². The average molecular weight is 499 g/mol. The number of anilines is 1. The van der Waals surface area contributed by atoms with E-state index in [-0.39, 0.29) is 23.1 Å². The second-order valence-electron chi connectivity index (χ2n) is 8.43. The highest BCUT2D eigenvalue weighted by molar-refractivity contribution is 7.99. The van der Waals surface area contributed by atoms with Crippen LogP contribution >= 0.6 is 23.1 Å². The molecule has 2 amide bonds. The van der Waals surface area contributed by atoms with E-state index in [0.29, 0.717) is 49.1 Å². The lowest BCUT2D eigenvalue weighted by atomic mass is 9.97. The van der Waals surface area contributed by atoms with E-state index in [2.05, 4.69) is 15.3 Å². The molecule has 2 N–H and O–H groups in total. The Morgan fingerprint density at radius 3 is 2.88 bits per heavy atom. The quantitative estimate of drug-likeness (QED) is 0.541. The Morgan fingerprint density at radius 2 is 2.03 bits per heavy atom. The topological polar surface area (TPSA) is 104 Å². The summed E-state index contributed by atoms with van der Waals surface area (Å²) < 4.78 is 5.30. The second-order valence-corrected chi connectivity index (χ2v) is 10.5. The van der Waals surface area contributed by atoms with Gasteiger partial charge in [0.25, 0.3) is 11.5 Å². The standard InChI is InChI=1S/C24H26N4O4S2/c29-20(25-16-5-3-4-15(12-16)24(31)28-8-10-32-11-9-28)14-33-13-19-26-22(30)21-17-6-1-2-7-18(17)34-23(21)27-19/h3-5,12H,1-2,6-11,13-14H2,(H,25,29)(H,26,27,30). The van der Waals surface area contributed by atoms with Gasteiger partial charge < -0.3 is 19.9 Å². The zero-order valence-corrected chi connectivity index (χ0v) is 20.4. The maximum absolute atomic E-state index is 12.7. The molecule has 1 fully saturated rings.